The molecule has 1 aromatic rings. The van der Waals surface area contributed by atoms with Crippen LogP contribution in [-0.2, 0) is 9.47 Å². The van der Waals surface area contributed by atoms with Crippen molar-refractivity contribution in [2.45, 2.75) is 38.8 Å². The number of benzene rings is 1. The van der Waals surface area contributed by atoms with Gasteiger partial charge in [-0.05, 0) is 12.0 Å². The molecule has 1 aliphatic rings. The second-order valence-electron chi connectivity index (χ2n) is 5.79. The molecule has 1 unspecified atom stereocenters. The van der Waals surface area contributed by atoms with Crippen LogP contribution in [0.3, 0.4) is 0 Å². The van der Waals surface area contributed by atoms with Gasteiger partial charge in [0.05, 0.1) is 6.61 Å². The van der Waals surface area contributed by atoms with Gasteiger partial charge in [0, 0.05) is 19.6 Å². The second kappa shape index (κ2) is 10.2. The van der Waals surface area contributed by atoms with E-state index in [4.69, 9.17) is 9.47 Å². The number of nitrogens with zero attached hydrogens (tertiary/aromatic N) is 1. The van der Waals surface area contributed by atoms with Crippen LogP contribution in [0, 0.1) is 0 Å². The van der Waals surface area contributed by atoms with Crippen molar-refractivity contribution in [3.05, 3.63) is 35.9 Å². The number of nitrogens with one attached hydrogen (secondary N) is 1. The largest absolute Gasteiger partial charge is 0.448 e. The Kier molecular flexibility index (Phi) is 7.90. The Morgan fingerprint density at radius 1 is 1.30 bits per heavy atom. The van der Waals surface area contributed by atoms with Gasteiger partial charge in [0.2, 0.25) is 0 Å². The predicted molar refractivity (Wildman–Crippen MR) is 90.2 cm³/mol. The average molecular weight is 320 g/mol. The minimum absolute atomic E-state index is 0.0306. The standard InChI is InChI=1S/C18H28N2O3/c1-2-3-4-8-11-19-18(21)23-15-13-20-12-14-22-17(20)16-9-6-5-7-10-16/h5-7,9-10,17H,2-4,8,11-15H2,1H3,(H,19,21). The summed E-state index contributed by atoms with van der Waals surface area (Å²) in [6, 6.07) is 10.1. The summed E-state index contributed by atoms with van der Waals surface area (Å²) >= 11 is 0. The molecule has 5 nitrogen and oxygen atoms in total. The van der Waals surface area contributed by atoms with Crippen LogP contribution in [0.25, 0.3) is 0 Å². The Morgan fingerprint density at radius 2 is 2.13 bits per heavy atom. The number of unbranched alkanes of at least 4 members (excludes halogenated alkanes) is 3. The molecule has 23 heavy (non-hydrogen) atoms. The molecule has 1 saturated heterocycles. The number of rotatable bonds is 9. The van der Waals surface area contributed by atoms with Gasteiger partial charge in [0.25, 0.3) is 0 Å². The molecule has 1 amide bonds. The number of ether oxygens (including phenoxy) is 2. The van der Waals surface area contributed by atoms with Gasteiger partial charge in [-0.15, -0.1) is 0 Å². The Labute approximate surface area is 139 Å². The van der Waals surface area contributed by atoms with Crippen molar-refractivity contribution in [2.24, 2.45) is 0 Å². The van der Waals surface area contributed by atoms with E-state index in [2.05, 4.69) is 29.3 Å². The average Bonchev–Trinajstić information content (AvgIpc) is 3.04. The second-order valence-corrected chi connectivity index (χ2v) is 5.79. The molecule has 0 radical (unpaired) electrons. The number of hydrogen-bond donors (Lipinski definition) is 1. The van der Waals surface area contributed by atoms with E-state index >= 15 is 0 Å². The van der Waals surface area contributed by atoms with E-state index in [0.717, 1.165) is 24.9 Å². The summed E-state index contributed by atoms with van der Waals surface area (Å²) in [6.45, 7) is 5.51. The lowest BCUT2D eigenvalue weighted by Crippen LogP contribution is -2.31. The fraction of sp³-hybridized carbons (Fsp3) is 0.611. The number of carbonyl (C=O) groups is 1. The van der Waals surface area contributed by atoms with E-state index in [-0.39, 0.29) is 12.3 Å². The molecular formula is C18H28N2O3. The molecule has 0 aromatic heterocycles. The Balaban J connectivity index is 1.62. The quantitative estimate of drug-likeness (QED) is 0.709. The molecule has 128 valence electrons. The lowest BCUT2D eigenvalue weighted by atomic mass is 10.2. The highest BCUT2D eigenvalue weighted by molar-refractivity contribution is 5.66. The summed E-state index contributed by atoms with van der Waals surface area (Å²) in [5, 5.41) is 2.80. The lowest BCUT2D eigenvalue weighted by Gasteiger charge is -2.22. The molecule has 0 saturated carbocycles. The van der Waals surface area contributed by atoms with Gasteiger partial charge in [0.1, 0.15) is 12.8 Å². The molecule has 2 rings (SSSR count). The predicted octanol–water partition coefficient (Wildman–Crippen LogP) is 3.32. The zero-order valence-corrected chi connectivity index (χ0v) is 14.0. The number of alkyl carbamates (subject to hydrolysis) is 1. The highest BCUT2D eigenvalue weighted by Gasteiger charge is 2.26. The van der Waals surface area contributed by atoms with Crippen molar-refractivity contribution in [1.29, 1.82) is 0 Å². The molecule has 1 fully saturated rings. The molecule has 0 aliphatic carbocycles. The summed E-state index contributed by atoms with van der Waals surface area (Å²) in [5.41, 5.74) is 1.14. The normalized spacial score (nSPS) is 18.0. The van der Waals surface area contributed by atoms with Crippen molar-refractivity contribution >= 4 is 6.09 Å². The lowest BCUT2D eigenvalue weighted by molar-refractivity contribution is 0.0227. The van der Waals surface area contributed by atoms with Crippen LogP contribution >= 0.6 is 0 Å². The van der Waals surface area contributed by atoms with Gasteiger partial charge in [0.15, 0.2) is 0 Å². The molecular weight excluding hydrogens is 292 g/mol. The molecule has 1 heterocycles. The Morgan fingerprint density at radius 3 is 2.91 bits per heavy atom. The van der Waals surface area contributed by atoms with Crippen molar-refractivity contribution in [3.63, 3.8) is 0 Å². The van der Waals surface area contributed by atoms with Crippen molar-refractivity contribution < 1.29 is 14.3 Å². The SMILES string of the molecule is CCCCCCNC(=O)OCCN1CCOC1c1ccccc1. The van der Waals surface area contributed by atoms with E-state index in [9.17, 15) is 4.79 Å². The van der Waals surface area contributed by atoms with Crippen molar-refractivity contribution in [2.75, 3.05) is 32.8 Å². The van der Waals surface area contributed by atoms with Crippen LogP contribution in [0.15, 0.2) is 30.3 Å². The Hall–Kier alpha value is -1.59. The smallest absolute Gasteiger partial charge is 0.407 e. The molecule has 1 aliphatic heterocycles. The van der Waals surface area contributed by atoms with Crippen LogP contribution in [-0.4, -0.2) is 43.8 Å². The highest BCUT2D eigenvalue weighted by atomic mass is 16.6. The fourth-order valence-electron chi connectivity index (χ4n) is 2.71. The van der Waals surface area contributed by atoms with E-state index in [1.54, 1.807) is 0 Å². The first-order valence-corrected chi connectivity index (χ1v) is 8.62. The maximum Gasteiger partial charge on any atom is 0.407 e. The van der Waals surface area contributed by atoms with Crippen LogP contribution in [0.5, 0.6) is 0 Å². The van der Waals surface area contributed by atoms with Crippen molar-refractivity contribution in [3.8, 4) is 0 Å². The van der Waals surface area contributed by atoms with Crippen LogP contribution < -0.4 is 5.32 Å². The molecule has 0 bridgehead atoms. The summed E-state index contributed by atoms with van der Waals surface area (Å²) in [4.78, 5) is 13.8. The zero-order valence-electron chi connectivity index (χ0n) is 14.0. The fourth-order valence-corrected chi connectivity index (χ4v) is 2.71. The first-order valence-electron chi connectivity index (χ1n) is 8.62. The monoisotopic (exact) mass is 320 g/mol. The molecule has 1 aromatic carbocycles. The Bertz CT molecular complexity index is 453. The summed E-state index contributed by atoms with van der Waals surface area (Å²) in [7, 11) is 0. The van der Waals surface area contributed by atoms with E-state index in [1.165, 1.54) is 12.8 Å². The maximum atomic E-state index is 11.6. The third kappa shape index (κ3) is 6.20. The van der Waals surface area contributed by atoms with Crippen LogP contribution in [0.2, 0.25) is 0 Å². The van der Waals surface area contributed by atoms with E-state index < -0.39 is 0 Å². The zero-order chi connectivity index (χ0) is 16.3. The van der Waals surface area contributed by atoms with Gasteiger partial charge in [-0.3, -0.25) is 4.90 Å². The maximum absolute atomic E-state index is 11.6. The summed E-state index contributed by atoms with van der Waals surface area (Å²) in [6.07, 6.45) is 4.23. The van der Waals surface area contributed by atoms with E-state index in [1.807, 2.05) is 18.2 Å². The number of hydrogen-bond acceptors (Lipinski definition) is 4. The minimum Gasteiger partial charge on any atom is -0.448 e. The summed E-state index contributed by atoms with van der Waals surface area (Å²) in [5.74, 6) is 0. The van der Waals surface area contributed by atoms with Gasteiger partial charge in [-0.2, -0.15) is 0 Å². The van der Waals surface area contributed by atoms with Gasteiger partial charge in [-0.25, -0.2) is 4.79 Å². The van der Waals surface area contributed by atoms with Crippen LogP contribution in [0.4, 0.5) is 4.79 Å². The molecule has 1 N–H and O–H groups in total. The topological polar surface area (TPSA) is 50.8 Å². The molecule has 0 spiro atoms. The van der Waals surface area contributed by atoms with Crippen molar-refractivity contribution in [1.82, 2.24) is 10.2 Å². The van der Waals surface area contributed by atoms with E-state index in [0.29, 0.717) is 26.3 Å². The van der Waals surface area contributed by atoms with Gasteiger partial charge in [-0.1, -0.05) is 56.5 Å². The van der Waals surface area contributed by atoms with Gasteiger partial charge < -0.3 is 14.8 Å². The number of carbonyl (C=O) groups excluding carboxylic acids is 1. The van der Waals surface area contributed by atoms with Crippen LogP contribution in [0.1, 0.15) is 44.4 Å². The third-order valence-corrected chi connectivity index (χ3v) is 3.98. The number of amides is 1. The molecule has 1 atom stereocenters. The molecule has 5 heteroatoms. The first kappa shape index (κ1) is 17.8. The third-order valence-electron chi connectivity index (χ3n) is 3.98. The summed E-state index contributed by atoms with van der Waals surface area (Å²) < 4.78 is 11.0. The minimum atomic E-state index is -0.321. The first-order chi connectivity index (χ1) is 11.3. The van der Waals surface area contributed by atoms with Gasteiger partial charge >= 0.3 is 6.09 Å². The highest BCUT2D eigenvalue weighted by Crippen LogP contribution is 2.25.